The summed E-state index contributed by atoms with van der Waals surface area (Å²) in [4.78, 5) is 0. The van der Waals surface area contributed by atoms with Gasteiger partial charge in [-0.15, -0.1) is 0 Å². The van der Waals surface area contributed by atoms with Crippen LogP contribution in [0, 0.1) is 0 Å². The average Bonchev–Trinajstić information content (AvgIpc) is 2.14. The van der Waals surface area contributed by atoms with Crippen molar-refractivity contribution in [1.82, 2.24) is 5.32 Å². The van der Waals surface area contributed by atoms with Crippen LogP contribution >= 0.6 is 27.5 Å². The van der Waals surface area contributed by atoms with Crippen LogP contribution in [0.5, 0.6) is 0 Å². The molecule has 0 aliphatic rings. The molecular formula is C12H17BrClNO. The van der Waals surface area contributed by atoms with Crippen LogP contribution in [0.2, 0.25) is 5.02 Å². The van der Waals surface area contributed by atoms with E-state index in [-0.39, 0.29) is 0 Å². The molecule has 1 aromatic rings. The lowest BCUT2D eigenvalue weighted by molar-refractivity contribution is 0.0550. The van der Waals surface area contributed by atoms with E-state index >= 15 is 0 Å². The zero-order chi connectivity index (χ0) is 12.3. The van der Waals surface area contributed by atoms with Crippen LogP contribution in [0.1, 0.15) is 26.3 Å². The number of rotatable bonds is 4. The molecule has 1 rings (SSSR count). The van der Waals surface area contributed by atoms with E-state index in [1.54, 1.807) is 13.0 Å². The van der Waals surface area contributed by atoms with E-state index in [4.69, 9.17) is 11.6 Å². The number of hydrogen-bond donors (Lipinski definition) is 2. The normalized spacial score (nSPS) is 15.2. The lowest BCUT2D eigenvalue weighted by Gasteiger charge is -2.26. The molecule has 0 saturated carbocycles. The third kappa shape index (κ3) is 3.74. The second kappa shape index (κ2) is 5.50. The topological polar surface area (TPSA) is 32.3 Å². The Labute approximate surface area is 110 Å². The monoisotopic (exact) mass is 305 g/mol. The molecule has 1 unspecified atom stereocenters. The van der Waals surface area contributed by atoms with Crippen LogP contribution in [0.25, 0.3) is 0 Å². The van der Waals surface area contributed by atoms with Crippen molar-refractivity contribution in [2.45, 2.75) is 32.4 Å². The Kier molecular flexibility index (Phi) is 4.80. The molecule has 0 heterocycles. The van der Waals surface area contributed by atoms with Crippen LogP contribution in [0.4, 0.5) is 0 Å². The van der Waals surface area contributed by atoms with Gasteiger partial charge in [-0.3, -0.25) is 0 Å². The molecule has 1 aromatic carbocycles. The van der Waals surface area contributed by atoms with Gasteiger partial charge in [0.1, 0.15) is 5.60 Å². The Morgan fingerprint density at radius 3 is 2.62 bits per heavy atom. The molecule has 0 aliphatic carbocycles. The van der Waals surface area contributed by atoms with Gasteiger partial charge in [0, 0.05) is 27.6 Å². The summed E-state index contributed by atoms with van der Waals surface area (Å²) in [7, 11) is 0. The summed E-state index contributed by atoms with van der Waals surface area (Å²) in [6, 6.07) is 5.85. The largest absolute Gasteiger partial charge is 0.384 e. The van der Waals surface area contributed by atoms with Crippen molar-refractivity contribution in [2.24, 2.45) is 0 Å². The van der Waals surface area contributed by atoms with Crippen LogP contribution in [-0.4, -0.2) is 17.7 Å². The lowest BCUT2D eigenvalue weighted by Crippen LogP contribution is -2.38. The van der Waals surface area contributed by atoms with Crippen molar-refractivity contribution in [3.63, 3.8) is 0 Å². The van der Waals surface area contributed by atoms with Gasteiger partial charge in [0.2, 0.25) is 0 Å². The first kappa shape index (κ1) is 14.0. The number of benzene rings is 1. The fourth-order valence-corrected chi connectivity index (χ4v) is 2.30. The molecule has 0 aromatic heterocycles. The van der Waals surface area contributed by atoms with Crippen molar-refractivity contribution in [1.29, 1.82) is 0 Å². The van der Waals surface area contributed by atoms with Crippen LogP contribution in [0.3, 0.4) is 0 Å². The van der Waals surface area contributed by atoms with Crippen molar-refractivity contribution >= 4 is 27.5 Å². The number of nitrogens with one attached hydrogen (secondary N) is 1. The smallest absolute Gasteiger partial charge is 0.101 e. The van der Waals surface area contributed by atoms with Gasteiger partial charge in [-0.05, 0) is 19.1 Å². The van der Waals surface area contributed by atoms with Gasteiger partial charge in [0.05, 0.1) is 0 Å². The highest BCUT2D eigenvalue weighted by atomic mass is 79.9. The van der Waals surface area contributed by atoms with E-state index in [1.807, 2.05) is 26.0 Å². The third-order valence-electron chi connectivity index (χ3n) is 2.37. The molecule has 4 heteroatoms. The minimum absolute atomic E-state index is 0.334. The second-order valence-electron chi connectivity index (χ2n) is 4.43. The minimum atomic E-state index is -0.956. The molecular weight excluding hydrogens is 289 g/mol. The van der Waals surface area contributed by atoms with Gasteiger partial charge < -0.3 is 10.4 Å². The highest BCUT2D eigenvalue weighted by Crippen LogP contribution is 2.30. The highest BCUT2D eigenvalue weighted by molar-refractivity contribution is 9.10. The van der Waals surface area contributed by atoms with Crippen LogP contribution in [0.15, 0.2) is 22.7 Å². The molecule has 0 fully saturated rings. The van der Waals surface area contributed by atoms with E-state index in [0.717, 1.165) is 10.0 Å². The quantitative estimate of drug-likeness (QED) is 0.894. The summed E-state index contributed by atoms with van der Waals surface area (Å²) >= 11 is 9.46. The molecule has 0 radical (unpaired) electrons. The fourth-order valence-electron chi connectivity index (χ4n) is 1.42. The van der Waals surface area contributed by atoms with Crippen molar-refractivity contribution < 1.29 is 5.11 Å². The summed E-state index contributed by atoms with van der Waals surface area (Å²) in [5.74, 6) is 0. The number of halogens is 2. The number of hydrogen-bond acceptors (Lipinski definition) is 2. The maximum Gasteiger partial charge on any atom is 0.101 e. The van der Waals surface area contributed by atoms with Crippen molar-refractivity contribution in [3.8, 4) is 0 Å². The average molecular weight is 307 g/mol. The van der Waals surface area contributed by atoms with Gasteiger partial charge in [-0.25, -0.2) is 0 Å². The Morgan fingerprint density at radius 2 is 2.12 bits per heavy atom. The molecule has 0 saturated heterocycles. The van der Waals surface area contributed by atoms with Gasteiger partial charge in [-0.1, -0.05) is 47.4 Å². The molecule has 0 aliphatic heterocycles. The zero-order valence-electron chi connectivity index (χ0n) is 9.72. The summed E-state index contributed by atoms with van der Waals surface area (Å²) < 4.78 is 0.911. The molecule has 16 heavy (non-hydrogen) atoms. The minimum Gasteiger partial charge on any atom is -0.384 e. The summed E-state index contributed by atoms with van der Waals surface area (Å²) in [6.45, 7) is 6.32. The maximum absolute atomic E-state index is 10.3. The first-order valence-electron chi connectivity index (χ1n) is 5.24. The summed E-state index contributed by atoms with van der Waals surface area (Å²) in [5, 5.41) is 14.1. The first-order valence-corrected chi connectivity index (χ1v) is 6.41. The Balaban J connectivity index is 2.88. The Morgan fingerprint density at radius 1 is 1.50 bits per heavy atom. The number of aliphatic hydroxyl groups is 1. The van der Waals surface area contributed by atoms with E-state index in [1.165, 1.54) is 0 Å². The van der Waals surface area contributed by atoms with Gasteiger partial charge in [0.15, 0.2) is 0 Å². The standard InChI is InChI=1S/C12H17BrClNO/c1-8(2)15-7-12(3,16)10-5-4-9(13)6-11(10)14/h4-6,8,15-16H,7H2,1-3H3. The van der Waals surface area contributed by atoms with Gasteiger partial charge in [0.25, 0.3) is 0 Å². The molecule has 0 spiro atoms. The predicted octanol–water partition coefficient (Wildman–Crippen LogP) is 3.31. The van der Waals surface area contributed by atoms with E-state index in [2.05, 4.69) is 21.2 Å². The second-order valence-corrected chi connectivity index (χ2v) is 5.76. The SMILES string of the molecule is CC(C)NCC(C)(O)c1ccc(Br)cc1Cl. The lowest BCUT2D eigenvalue weighted by atomic mass is 9.95. The molecule has 0 amide bonds. The maximum atomic E-state index is 10.3. The van der Waals surface area contributed by atoms with Crippen LogP contribution < -0.4 is 5.32 Å². The first-order chi connectivity index (χ1) is 7.33. The van der Waals surface area contributed by atoms with E-state index in [9.17, 15) is 5.11 Å². The highest BCUT2D eigenvalue weighted by Gasteiger charge is 2.25. The summed E-state index contributed by atoms with van der Waals surface area (Å²) in [6.07, 6.45) is 0. The predicted molar refractivity (Wildman–Crippen MR) is 71.9 cm³/mol. The van der Waals surface area contributed by atoms with E-state index in [0.29, 0.717) is 17.6 Å². The third-order valence-corrected chi connectivity index (χ3v) is 3.17. The Hall–Kier alpha value is -0.0900. The van der Waals surface area contributed by atoms with Gasteiger partial charge >= 0.3 is 0 Å². The Bertz CT molecular complexity index is 366. The van der Waals surface area contributed by atoms with Crippen molar-refractivity contribution in [2.75, 3.05) is 6.54 Å². The van der Waals surface area contributed by atoms with Crippen molar-refractivity contribution in [3.05, 3.63) is 33.3 Å². The van der Waals surface area contributed by atoms with E-state index < -0.39 is 5.60 Å². The summed E-state index contributed by atoms with van der Waals surface area (Å²) in [5.41, 5.74) is -0.215. The molecule has 2 N–H and O–H groups in total. The molecule has 0 bridgehead atoms. The fraction of sp³-hybridized carbons (Fsp3) is 0.500. The zero-order valence-corrected chi connectivity index (χ0v) is 12.1. The molecule has 2 nitrogen and oxygen atoms in total. The molecule has 1 atom stereocenters. The molecule has 90 valence electrons. The van der Waals surface area contributed by atoms with Crippen LogP contribution in [-0.2, 0) is 5.60 Å². The van der Waals surface area contributed by atoms with Gasteiger partial charge in [-0.2, -0.15) is 0 Å².